The van der Waals surface area contributed by atoms with Crippen LogP contribution in [0.15, 0.2) is 35.8 Å². The van der Waals surface area contributed by atoms with E-state index in [2.05, 4.69) is 11.4 Å². The Bertz CT molecular complexity index is 240. The quantitative estimate of drug-likeness (QED) is 0.530. The molecule has 0 unspecified atom stereocenters. The Balaban J connectivity index is 2.39. The molecule has 0 saturated heterocycles. The predicted molar refractivity (Wildman–Crippen MR) is 41.0 cm³/mol. The van der Waals surface area contributed by atoms with Crippen LogP contribution in [0, 0.1) is 0 Å². The van der Waals surface area contributed by atoms with Gasteiger partial charge >= 0.3 is 0 Å². The van der Waals surface area contributed by atoms with Gasteiger partial charge in [-0.05, 0) is 18.2 Å². The Kier molecular flexibility index (Phi) is 1.21. The molecule has 0 spiro atoms. The van der Waals surface area contributed by atoms with Crippen LogP contribution in [0.25, 0.3) is 0 Å². The third kappa shape index (κ3) is 0.727. The number of rotatable bonds is 0. The van der Waals surface area contributed by atoms with Crippen molar-refractivity contribution in [3.8, 4) is 0 Å². The van der Waals surface area contributed by atoms with Gasteiger partial charge in [-0.25, -0.2) is 0 Å². The lowest BCUT2D eigenvalue weighted by Gasteiger charge is -2.16. The summed E-state index contributed by atoms with van der Waals surface area (Å²) in [5.74, 6) is 0. The third-order valence-corrected chi connectivity index (χ3v) is 1.87. The Morgan fingerprint density at radius 1 is 1.60 bits per heavy atom. The van der Waals surface area contributed by atoms with Crippen molar-refractivity contribution >= 4 is 11.8 Å². The van der Waals surface area contributed by atoms with E-state index in [0.717, 1.165) is 17.9 Å². The summed E-state index contributed by atoms with van der Waals surface area (Å²) in [6.07, 6.45) is 7.81. The third-order valence-electron chi connectivity index (χ3n) is 1.57. The molecule has 52 valence electrons. The van der Waals surface area contributed by atoms with E-state index < -0.39 is 0 Å². The highest BCUT2D eigenvalue weighted by Crippen LogP contribution is 2.23. The van der Waals surface area contributed by atoms with Crippen molar-refractivity contribution in [3.05, 3.63) is 35.8 Å². The number of fused-ring (bicyclic) bond motifs is 1. The summed E-state index contributed by atoms with van der Waals surface area (Å²) >= 11 is 5.82. The normalized spacial score (nSPS) is 21.5. The summed E-state index contributed by atoms with van der Waals surface area (Å²) in [5, 5.41) is 3.18. The lowest BCUT2D eigenvalue weighted by atomic mass is 10.3. The first-order valence-corrected chi connectivity index (χ1v) is 3.49. The van der Waals surface area contributed by atoms with Crippen LogP contribution in [0.1, 0.15) is 0 Å². The van der Waals surface area contributed by atoms with Crippen molar-refractivity contribution in [1.29, 1.82) is 0 Å². The molecule has 0 atom stereocenters. The van der Waals surface area contributed by atoms with Gasteiger partial charge in [0.05, 0.1) is 11.4 Å². The largest absolute Gasteiger partial charge is 0.380 e. The number of hydrogen-bond acceptors (Lipinski definition) is 2. The molecule has 2 rings (SSSR count). The molecule has 1 N–H and O–H groups in total. The van der Waals surface area contributed by atoms with Crippen molar-refractivity contribution in [1.82, 2.24) is 9.74 Å². The fourth-order valence-electron chi connectivity index (χ4n) is 1.10. The molecule has 0 aromatic carbocycles. The van der Waals surface area contributed by atoms with Crippen LogP contribution in [-0.4, -0.2) is 11.0 Å². The fourth-order valence-corrected chi connectivity index (χ4v) is 1.33. The first kappa shape index (κ1) is 5.86. The van der Waals surface area contributed by atoms with Crippen molar-refractivity contribution in [3.63, 3.8) is 0 Å². The van der Waals surface area contributed by atoms with Gasteiger partial charge in [-0.15, -0.1) is 0 Å². The maximum atomic E-state index is 5.82. The Labute approximate surface area is 64.6 Å². The van der Waals surface area contributed by atoms with Crippen molar-refractivity contribution in [2.24, 2.45) is 0 Å². The minimum absolute atomic E-state index is 0.881. The molecule has 2 aliphatic heterocycles. The lowest BCUT2D eigenvalue weighted by Crippen LogP contribution is -2.13. The molecule has 3 heteroatoms. The van der Waals surface area contributed by atoms with E-state index >= 15 is 0 Å². The number of nitrogens with zero attached hydrogens (tertiary/aromatic N) is 1. The van der Waals surface area contributed by atoms with E-state index in [4.69, 9.17) is 11.8 Å². The molecule has 0 fully saturated rings. The van der Waals surface area contributed by atoms with Crippen LogP contribution < -0.4 is 5.32 Å². The molecule has 2 aliphatic rings. The van der Waals surface area contributed by atoms with Gasteiger partial charge in [0.1, 0.15) is 0 Å². The molecule has 0 aliphatic carbocycles. The zero-order valence-corrected chi connectivity index (χ0v) is 6.10. The van der Waals surface area contributed by atoms with Crippen molar-refractivity contribution in [2.45, 2.75) is 0 Å². The Hall–Kier alpha value is -0.890. The predicted octanol–water partition coefficient (Wildman–Crippen LogP) is 1.34. The first-order chi connectivity index (χ1) is 4.88. The topological polar surface area (TPSA) is 15.3 Å². The standard InChI is InChI=1S/C7H7ClN2/c8-10-5-1-2-6-7(10)3-4-9-6/h1-3,5,9H,4H2. The molecule has 0 bridgehead atoms. The number of allylic oxidation sites excluding steroid dienone is 2. The summed E-state index contributed by atoms with van der Waals surface area (Å²) < 4.78 is 1.59. The van der Waals surface area contributed by atoms with Crippen LogP contribution in [-0.2, 0) is 0 Å². The SMILES string of the molecule is ClN1C=CC=C2NCC=C21. The van der Waals surface area contributed by atoms with Gasteiger partial charge in [-0.3, -0.25) is 4.42 Å². The average Bonchev–Trinajstić information content (AvgIpc) is 2.36. The second-order valence-electron chi connectivity index (χ2n) is 2.20. The fraction of sp³-hybridized carbons (Fsp3) is 0.143. The van der Waals surface area contributed by atoms with Gasteiger partial charge in [0, 0.05) is 24.5 Å². The molecule has 2 nitrogen and oxygen atoms in total. The average molecular weight is 155 g/mol. The van der Waals surface area contributed by atoms with Gasteiger partial charge in [0.2, 0.25) is 0 Å². The van der Waals surface area contributed by atoms with E-state index in [-0.39, 0.29) is 0 Å². The van der Waals surface area contributed by atoms with Gasteiger partial charge in [-0.1, -0.05) is 0 Å². The second-order valence-corrected chi connectivity index (χ2v) is 2.57. The zero-order valence-electron chi connectivity index (χ0n) is 5.34. The van der Waals surface area contributed by atoms with Crippen LogP contribution in [0.3, 0.4) is 0 Å². The van der Waals surface area contributed by atoms with Crippen LogP contribution in [0.2, 0.25) is 0 Å². The van der Waals surface area contributed by atoms with E-state index in [1.807, 2.05) is 18.4 Å². The van der Waals surface area contributed by atoms with Gasteiger partial charge in [-0.2, -0.15) is 0 Å². The highest BCUT2D eigenvalue weighted by Gasteiger charge is 2.16. The minimum Gasteiger partial charge on any atom is -0.380 e. The van der Waals surface area contributed by atoms with E-state index in [1.165, 1.54) is 0 Å². The summed E-state index contributed by atoms with van der Waals surface area (Å²) in [5.41, 5.74) is 2.17. The van der Waals surface area contributed by atoms with E-state index in [9.17, 15) is 0 Å². The number of hydrogen-bond donors (Lipinski definition) is 1. The Morgan fingerprint density at radius 3 is 3.30 bits per heavy atom. The van der Waals surface area contributed by atoms with Crippen molar-refractivity contribution in [2.75, 3.05) is 6.54 Å². The molecule has 0 aromatic rings. The van der Waals surface area contributed by atoms with Crippen LogP contribution in [0.4, 0.5) is 0 Å². The smallest absolute Gasteiger partial charge is 0.0783 e. The summed E-state index contributed by atoms with van der Waals surface area (Å²) in [6, 6.07) is 0. The maximum Gasteiger partial charge on any atom is 0.0783 e. The van der Waals surface area contributed by atoms with E-state index in [1.54, 1.807) is 4.42 Å². The highest BCUT2D eigenvalue weighted by atomic mass is 35.5. The molecule has 0 saturated carbocycles. The molecule has 0 radical (unpaired) electrons. The Morgan fingerprint density at radius 2 is 2.50 bits per heavy atom. The molecular weight excluding hydrogens is 148 g/mol. The maximum absolute atomic E-state index is 5.82. The van der Waals surface area contributed by atoms with E-state index in [0.29, 0.717) is 0 Å². The molecule has 2 heterocycles. The molecule has 10 heavy (non-hydrogen) atoms. The number of nitrogens with one attached hydrogen (secondary N) is 1. The molecular formula is C7H7ClN2. The van der Waals surface area contributed by atoms with Gasteiger partial charge in [0.15, 0.2) is 0 Å². The zero-order chi connectivity index (χ0) is 6.97. The van der Waals surface area contributed by atoms with Crippen LogP contribution >= 0.6 is 11.8 Å². The monoisotopic (exact) mass is 154 g/mol. The molecule has 0 aromatic heterocycles. The minimum atomic E-state index is 0.881. The van der Waals surface area contributed by atoms with Gasteiger partial charge in [0.25, 0.3) is 0 Å². The number of halogens is 1. The van der Waals surface area contributed by atoms with Crippen LogP contribution in [0.5, 0.6) is 0 Å². The second kappa shape index (κ2) is 2.06. The highest BCUT2D eigenvalue weighted by molar-refractivity contribution is 6.15. The molecule has 0 amide bonds. The lowest BCUT2D eigenvalue weighted by molar-refractivity contribution is 0.744. The summed E-state index contributed by atoms with van der Waals surface area (Å²) in [6.45, 7) is 0.881. The first-order valence-electron chi connectivity index (χ1n) is 3.16. The van der Waals surface area contributed by atoms with Crippen molar-refractivity contribution < 1.29 is 0 Å². The summed E-state index contributed by atoms with van der Waals surface area (Å²) in [7, 11) is 0. The summed E-state index contributed by atoms with van der Waals surface area (Å²) in [4.78, 5) is 0. The van der Waals surface area contributed by atoms with Gasteiger partial charge < -0.3 is 5.32 Å².